The molecule has 1 saturated carbocycles. The molecule has 0 bridgehead atoms. The number of allylic oxidation sites excluding steroid dienone is 2. The molecule has 6 nitrogen and oxygen atoms in total. The maximum Gasteiger partial charge on any atom is 0.234 e. The number of aromatic hydroxyl groups is 1. The number of carbonyl (C=O) groups excluding carboxylic acids is 2. The molecule has 1 aromatic carbocycles. The van der Waals surface area contributed by atoms with E-state index in [-0.39, 0.29) is 47.5 Å². The number of nitrogens with zero attached hydrogens (tertiary/aromatic N) is 1. The largest absolute Gasteiger partial charge is 0.504 e. The Morgan fingerprint density at radius 1 is 1.19 bits per heavy atom. The van der Waals surface area contributed by atoms with Crippen LogP contribution in [0.1, 0.15) is 77.2 Å². The lowest BCUT2D eigenvalue weighted by atomic mass is 9.69. The Morgan fingerprint density at radius 2 is 1.95 bits per heavy atom. The molecule has 4 atom stereocenters. The Labute approximate surface area is 233 Å². The second-order valence-electron chi connectivity index (χ2n) is 11.1. The van der Waals surface area contributed by atoms with Gasteiger partial charge in [0.25, 0.3) is 0 Å². The number of likely N-dealkylation sites (tertiary alicyclic amines) is 1. The number of ether oxygens (including phenoxy) is 2. The highest BCUT2D eigenvalue weighted by Crippen LogP contribution is 2.51. The third kappa shape index (κ3) is 4.98. The van der Waals surface area contributed by atoms with E-state index < -0.39 is 0 Å². The molecule has 2 aliphatic carbocycles. The number of phenolic OH excluding ortho intramolecular Hbond substituents is 1. The third-order valence-electron chi connectivity index (χ3n) is 8.89. The summed E-state index contributed by atoms with van der Waals surface area (Å²) >= 11 is 2.12. The van der Waals surface area contributed by atoms with Gasteiger partial charge < -0.3 is 14.6 Å². The molecular weight excluding hydrogens is 581 g/mol. The molecule has 3 fully saturated rings. The van der Waals surface area contributed by atoms with Gasteiger partial charge >= 0.3 is 0 Å². The van der Waals surface area contributed by atoms with Crippen molar-refractivity contribution in [2.45, 2.75) is 83.8 Å². The van der Waals surface area contributed by atoms with Crippen LogP contribution >= 0.6 is 22.6 Å². The van der Waals surface area contributed by atoms with Crippen molar-refractivity contribution in [1.82, 2.24) is 4.90 Å². The quantitative estimate of drug-likeness (QED) is 0.222. The Hall–Kier alpha value is -1.87. The van der Waals surface area contributed by atoms with E-state index in [9.17, 15) is 14.7 Å². The Morgan fingerprint density at radius 3 is 2.65 bits per heavy atom. The lowest BCUT2D eigenvalue weighted by molar-refractivity contribution is -0.143. The van der Waals surface area contributed by atoms with Crippen molar-refractivity contribution in [3.63, 3.8) is 0 Å². The first-order chi connectivity index (χ1) is 17.8. The van der Waals surface area contributed by atoms with E-state index >= 15 is 0 Å². The van der Waals surface area contributed by atoms with E-state index in [2.05, 4.69) is 42.5 Å². The van der Waals surface area contributed by atoms with Crippen molar-refractivity contribution in [3.05, 3.63) is 38.0 Å². The van der Waals surface area contributed by atoms with Crippen LogP contribution < -0.4 is 4.74 Å². The highest BCUT2D eigenvalue weighted by atomic mass is 127. The number of imide groups is 1. The van der Waals surface area contributed by atoms with Gasteiger partial charge in [0, 0.05) is 12.0 Å². The summed E-state index contributed by atoms with van der Waals surface area (Å²) in [6.07, 6.45) is 10.8. The van der Waals surface area contributed by atoms with Crippen molar-refractivity contribution in [1.29, 1.82) is 0 Å². The maximum atomic E-state index is 13.7. The first-order valence-electron chi connectivity index (χ1n) is 13.8. The molecular formula is C30H38INO5. The fourth-order valence-corrected chi connectivity index (χ4v) is 7.71. The summed E-state index contributed by atoms with van der Waals surface area (Å²) in [7, 11) is 1.56. The minimum atomic E-state index is -0.243. The summed E-state index contributed by atoms with van der Waals surface area (Å²) < 4.78 is 12.4. The molecule has 2 amide bonds. The first kappa shape index (κ1) is 26.7. The number of phenols is 1. The van der Waals surface area contributed by atoms with Crippen molar-refractivity contribution in [2.75, 3.05) is 13.7 Å². The van der Waals surface area contributed by atoms with Gasteiger partial charge in [-0.25, -0.2) is 0 Å². The predicted molar refractivity (Wildman–Crippen MR) is 151 cm³/mol. The van der Waals surface area contributed by atoms with Crippen molar-refractivity contribution >= 4 is 40.5 Å². The predicted octanol–water partition coefficient (Wildman–Crippen LogP) is 6.25. The Kier molecular flexibility index (Phi) is 8.01. The van der Waals surface area contributed by atoms with Gasteiger partial charge in [0.05, 0.1) is 35.2 Å². The van der Waals surface area contributed by atoms with Gasteiger partial charge in [0.2, 0.25) is 11.8 Å². The monoisotopic (exact) mass is 619 g/mol. The van der Waals surface area contributed by atoms with Gasteiger partial charge in [-0.05, 0) is 91.3 Å². The molecule has 1 N–H and O–H groups in total. The third-order valence-corrected chi connectivity index (χ3v) is 9.72. The fraction of sp³-hybridized carbons (Fsp3) is 0.600. The molecule has 37 heavy (non-hydrogen) atoms. The number of halogens is 1. The molecule has 200 valence electrons. The van der Waals surface area contributed by atoms with E-state index in [0.717, 1.165) is 54.1 Å². The summed E-state index contributed by atoms with van der Waals surface area (Å²) in [5.41, 5.74) is 4.86. The number of hydrogen-bond acceptors (Lipinski definition) is 5. The van der Waals surface area contributed by atoms with E-state index in [1.54, 1.807) is 12.0 Å². The van der Waals surface area contributed by atoms with E-state index in [1.165, 1.54) is 23.1 Å². The van der Waals surface area contributed by atoms with Crippen LogP contribution in [0.4, 0.5) is 0 Å². The lowest BCUT2D eigenvalue weighted by Crippen LogP contribution is -2.42. The summed E-state index contributed by atoms with van der Waals surface area (Å²) in [5, 5.41) is 10.1. The van der Waals surface area contributed by atoms with Gasteiger partial charge in [-0.15, -0.1) is 0 Å². The number of fused-ring (bicyclic) bond motifs is 3. The molecule has 1 aromatic rings. The molecule has 0 aromatic heterocycles. The fourth-order valence-electron chi connectivity index (χ4n) is 7.08. The van der Waals surface area contributed by atoms with Crippen molar-refractivity contribution in [2.24, 2.45) is 17.8 Å². The van der Waals surface area contributed by atoms with Crippen molar-refractivity contribution < 1.29 is 24.2 Å². The van der Waals surface area contributed by atoms with Crippen molar-refractivity contribution in [3.8, 4) is 11.5 Å². The van der Waals surface area contributed by atoms with Gasteiger partial charge in [-0.2, -0.15) is 0 Å². The molecule has 2 aliphatic heterocycles. The molecule has 0 radical (unpaired) electrons. The topological polar surface area (TPSA) is 76.1 Å². The summed E-state index contributed by atoms with van der Waals surface area (Å²) in [5.74, 6) is 0.377. The SMILES string of the molecule is CCC1=C2[C@@H](CC/C(C)=C/c3cc(I)c(O)c(OC)c3)OC[C@@H]2[C@@H]2C(=O)N(C3CCCCC3)C(=O)[C@@H]2C1. The molecule has 2 saturated heterocycles. The van der Waals surface area contributed by atoms with Crippen LogP contribution in [0.3, 0.4) is 0 Å². The van der Waals surface area contributed by atoms with E-state index in [4.69, 9.17) is 9.47 Å². The molecule has 0 spiro atoms. The van der Waals surface area contributed by atoms with Gasteiger partial charge in [-0.3, -0.25) is 14.5 Å². The Balaban J connectivity index is 1.31. The zero-order valence-corrected chi connectivity index (χ0v) is 24.3. The smallest absolute Gasteiger partial charge is 0.234 e. The summed E-state index contributed by atoms with van der Waals surface area (Å²) in [6.45, 7) is 4.82. The average molecular weight is 620 g/mol. The number of rotatable bonds is 7. The molecule has 7 heteroatoms. The summed E-state index contributed by atoms with van der Waals surface area (Å²) in [6, 6.07) is 3.90. The van der Waals surface area contributed by atoms with Crippen LogP contribution in [-0.4, -0.2) is 47.7 Å². The standard InChI is InChI=1S/C30H38INO5/c1-4-19-15-21-27(30(35)32(29(21)34)20-8-6-5-7-9-20)22-16-37-24(26(19)22)11-10-17(2)12-18-13-23(31)28(33)25(14-18)36-3/h12-14,20-22,24,27,33H,4-11,15-16H2,1-3H3/b17-12+/t21-,22+,24-,27-/m1/s1. The molecule has 4 aliphatic rings. The van der Waals surface area contributed by atoms with Crippen LogP contribution in [0.5, 0.6) is 11.5 Å². The van der Waals surface area contributed by atoms with Gasteiger partial charge in [0.1, 0.15) is 0 Å². The summed E-state index contributed by atoms with van der Waals surface area (Å²) in [4.78, 5) is 28.8. The average Bonchev–Trinajstić information content (AvgIpc) is 3.43. The zero-order chi connectivity index (χ0) is 26.3. The number of amides is 2. The maximum absolute atomic E-state index is 13.7. The molecule has 2 heterocycles. The van der Waals surface area contributed by atoms with Crippen LogP contribution in [-0.2, 0) is 14.3 Å². The number of carbonyl (C=O) groups is 2. The highest BCUT2D eigenvalue weighted by molar-refractivity contribution is 14.1. The Bertz CT molecular complexity index is 1140. The number of benzene rings is 1. The molecule has 0 unspecified atom stereocenters. The van der Waals surface area contributed by atoms with E-state index in [1.807, 2.05) is 12.1 Å². The van der Waals surface area contributed by atoms with E-state index in [0.29, 0.717) is 18.8 Å². The molecule has 5 rings (SSSR count). The second kappa shape index (κ2) is 11.1. The second-order valence-corrected chi connectivity index (χ2v) is 12.3. The van der Waals surface area contributed by atoms with Crippen LogP contribution in [0.25, 0.3) is 6.08 Å². The van der Waals surface area contributed by atoms with Crippen LogP contribution in [0.15, 0.2) is 28.9 Å². The zero-order valence-electron chi connectivity index (χ0n) is 22.1. The number of hydrogen-bond donors (Lipinski definition) is 1. The normalized spacial score (nSPS) is 28.6. The minimum absolute atomic E-state index is 0.00497. The van der Waals surface area contributed by atoms with Gasteiger partial charge in [-0.1, -0.05) is 43.4 Å². The lowest BCUT2D eigenvalue weighted by Gasteiger charge is -2.31. The highest BCUT2D eigenvalue weighted by Gasteiger charge is 2.57. The number of methoxy groups -OCH3 is 1. The first-order valence-corrected chi connectivity index (χ1v) is 14.9. The van der Waals surface area contributed by atoms with Crippen LogP contribution in [0.2, 0.25) is 0 Å². The minimum Gasteiger partial charge on any atom is -0.504 e. The van der Waals surface area contributed by atoms with Crippen LogP contribution in [0, 0.1) is 21.3 Å². The van der Waals surface area contributed by atoms with Gasteiger partial charge in [0.15, 0.2) is 11.5 Å².